The van der Waals surface area contributed by atoms with Crippen molar-refractivity contribution in [3.05, 3.63) is 47.7 Å². The number of hydrogen-bond acceptors (Lipinski definition) is 5. The third-order valence-electron chi connectivity index (χ3n) is 2.89. The second kappa shape index (κ2) is 5.28. The predicted octanol–water partition coefficient (Wildman–Crippen LogP) is 1.40. The molecule has 4 N–H and O–H groups in total. The number of carbonyl (C=O) groups excluding carboxylic acids is 1. The molecule has 0 radical (unpaired) electrons. The molecule has 0 fully saturated rings. The molecule has 0 unspecified atom stereocenters. The SMILES string of the molecule is CN(c1cccc(C#N)c1)c1cc(C(N)=O)c(N)cn1. The Kier molecular flexibility index (Phi) is 3.53. The molecule has 1 amide bonds. The van der Waals surface area contributed by atoms with E-state index in [0.29, 0.717) is 11.4 Å². The average Bonchev–Trinajstić information content (AvgIpc) is 2.46. The standard InChI is InChI=1S/C14H13N5O/c1-19(10-4-2-3-9(5-10)7-15)13-6-11(14(17)20)12(16)8-18-13/h2-6,8H,16H2,1H3,(H2,17,20). The molecule has 0 bridgehead atoms. The van der Waals surface area contributed by atoms with Crippen LogP contribution in [0.4, 0.5) is 17.2 Å². The van der Waals surface area contributed by atoms with E-state index in [-0.39, 0.29) is 11.3 Å². The number of rotatable bonds is 3. The van der Waals surface area contributed by atoms with Gasteiger partial charge in [0.25, 0.3) is 5.91 Å². The molecule has 1 heterocycles. The highest BCUT2D eigenvalue weighted by Crippen LogP contribution is 2.24. The van der Waals surface area contributed by atoms with Crippen LogP contribution in [0.2, 0.25) is 0 Å². The maximum atomic E-state index is 11.3. The van der Waals surface area contributed by atoms with E-state index in [1.54, 1.807) is 30.1 Å². The summed E-state index contributed by atoms with van der Waals surface area (Å²) in [5.41, 5.74) is 12.7. The number of anilines is 3. The zero-order chi connectivity index (χ0) is 14.7. The van der Waals surface area contributed by atoms with Crippen LogP contribution in [0, 0.1) is 11.3 Å². The fourth-order valence-corrected chi connectivity index (χ4v) is 1.77. The maximum Gasteiger partial charge on any atom is 0.250 e. The Labute approximate surface area is 116 Å². The van der Waals surface area contributed by atoms with E-state index in [0.717, 1.165) is 5.69 Å². The molecular formula is C14H13N5O. The molecule has 6 heteroatoms. The number of hydrogen-bond donors (Lipinski definition) is 2. The van der Waals surface area contributed by atoms with Crippen LogP contribution in [0.5, 0.6) is 0 Å². The van der Waals surface area contributed by atoms with Crippen molar-refractivity contribution in [1.82, 2.24) is 4.98 Å². The highest BCUT2D eigenvalue weighted by molar-refractivity contribution is 5.98. The van der Waals surface area contributed by atoms with Crippen molar-refractivity contribution in [2.45, 2.75) is 0 Å². The van der Waals surface area contributed by atoms with Gasteiger partial charge in [-0.05, 0) is 24.3 Å². The Morgan fingerprint density at radius 3 is 2.80 bits per heavy atom. The Morgan fingerprint density at radius 1 is 1.40 bits per heavy atom. The van der Waals surface area contributed by atoms with Crippen LogP contribution in [-0.2, 0) is 0 Å². The third kappa shape index (κ3) is 2.52. The van der Waals surface area contributed by atoms with Gasteiger partial charge < -0.3 is 16.4 Å². The first-order chi connectivity index (χ1) is 9.52. The minimum atomic E-state index is -0.606. The Bertz CT molecular complexity index is 705. The Morgan fingerprint density at radius 2 is 2.15 bits per heavy atom. The van der Waals surface area contributed by atoms with Gasteiger partial charge in [0.2, 0.25) is 0 Å². The molecule has 0 aliphatic heterocycles. The van der Waals surface area contributed by atoms with Crippen molar-refractivity contribution < 1.29 is 4.79 Å². The van der Waals surface area contributed by atoms with Gasteiger partial charge in [0.1, 0.15) is 5.82 Å². The largest absolute Gasteiger partial charge is 0.397 e. The molecular weight excluding hydrogens is 254 g/mol. The van der Waals surface area contributed by atoms with Gasteiger partial charge in [0.05, 0.1) is 29.1 Å². The van der Waals surface area contributed by atoms with E-state index in [4.69, 9.17) is 16.7 Å². The number of primary amides is 1. The molecule has 2 rings (SSSR count). The lowest BCUT2D eigenvalue weighted by Gasteiger charge is -2.19. The topological polar surface area (TPSA) is 109 Å². The quantitative estimate of drug-likeness (QED) is 0.873. The molecule has 0 saturated heterocycles. The zero-order valence-electron chi connectivity index (χ0n) is 10.9. The number of nitrogen functional groups attached to an aromatic ring is 1. The maximum absolute atomic E-state index is 11.3. The van der Waals surface area contributed by atoms with Crippen LogP contribution < -0.4 is 16.4 Å². The summed E-state index contributed by atoms with van der Waals surface area (Å²) in [5, 5.41) is 8.91. The Balaban J connectivity index is 2.43. The van der Waals surface area contributed by atoms with Crippen LogP contribution in [0.1, 0.15) is 15.9 Å². The fourth-order valence-electron chi connectivity index (χ4n) is 1.77. The minimum absolute atomic E-state index is 0.221. The van der Waals surface area contributed by atoms with Gasteiger partial charge in [-0.15, -0.1) is 0 Å². The average molecular weight is 267 g/mol. The molecule has 0 atom stereocenters. The van der Waals surface area contributed by atoms with Gasteiger partial charge >= 0.3 is 0 Å². The molecule has 0 spiro atoms. The van der Waals surface area contributed by atoms with Gasteiger partial charge in [-0.25, -0.2) is 4.98 Å². The van der Waals surface area contributed by atoms with Gasteiger partial charge in [-0.3, -0.25) is 4.79 Å². The van der Waals surface area contributed by atoms with Crippen LogP contribution in [0.3, 0.4) is 0 Å². The number of nitrogens with two attached hydrogens (primary N) is 2. The molecule has 20 heavy (non-hydrogen) atoms. The first-order valence-corrected chi connectivity index (χ1v) is 5.82. The van der Waals surface area contributed by atoms with E-state index in [2.05, 4.69) is 11.1 Å². The van der Waals surface area contributed by atoms with E-state index in [1.165, 1.54) is 12.3 Å². The van der Waals surface area contributed by atoms with Crippen molar-refractivity contribution in [2.75, 3.05) is 17.7 Å². The normalized spacial score (nSPS) is 9.80. The van der Waals surface area contributed by atoms with E-state index >= 15 is 0 Å². The Hall–Kier alpha value is -3.07. The minimum Gasteiger partial charge on any atom is -0.397 e. The van der Waals surface area contributed by atoms with Gasteiger partial charge in [-0.2, -0.15) is 5.26 Å². The second-order valence-corrected chi connectivity index (χ2v) is 4.22. The molecule has 0 saturated carbocycles. The summed E-state index contributed by atoms with van der Waals surface area (Å²) in [4.78, 5) is 17.2. The first kappa shape index (κ1) is 13.4. The summed E-state index contributed by atoms with van der Waals surface area (Å²) in [6.45, 7) is 0. The molecule has 1 aromatic carbocycles. The van der Waals surface area contributed by atoms with Crippen molar-refractivity contribution in [3.8, 4) is 6.07 Å². The molecule has 2 aromatic rings. The number of nitriles is 1. The highest BCUT2D eigenvalue weighted by atomic mass is 16.1. The summed E-state index contributed by atoms with van der Waals surface area (Å²) in [5.74, 6) is -0.0894. The molecule has 0 aliphatic rings. The molecule has 0 aliphatic carbocycles. The molecule has 1 aromatic heterocycles. The summed E-state index contributed by atoms with van der Waals surface area (Å²) in [6.07, 6.45) is 1.39. The number of nitrogens with zero attached hydrogens (tertiary/aromatic N) is 3. The lowest BCUT2D eigenvalue weighted by atomic mass is 10.2. The lowest BCUT2D eigenvalue weighted by molar-refractivity contribution is 0.100. The van der Waals surface area contributed by atoms with E-state index < -0.39 is 5.91 Å². The lowest BCUT2D eigenvalue weighted by Crippen LogP contribution is -2.17. The fraction of sp³-hybridized carbons (Fsp3) is 0.0714. The van der Waals surface area contributed by atoms with Gasteiger partial charge in [-0.1, -0.05) is 6.07 Å². The van der Waals surface area contributed by atoms with Crippen molar-refractivity contribution in [2.24, 2.45) is 5.73 Å². The number of aromatic nitrogens is 1. The monoisotopic (exact) mass is 267 g/mol. The molecule has 6 nitrogen and oxygen atoms in total. The van der Waals surface area contributed by atoms with Crippen molar-refractivity contribution in [1.29, 1.82) is 5.26 Å². The highest BCUT2D eigenvalue weighted by Gasteiger charge is 2.12. The van der Waals surface area contributed by atoms with E-state index in [1.807, 2.05) is 6.07 Å². The van der Waals surface area contributed by atoms with Crippen LogP contribution in [0.25, 0.3) is 0 Å². The molecule has 100 valence electrons. The van der Waals surface area contributed by atoms with Gasteiger partial charge in [0, 0.05) is 12.7 Å². The van der Waals surface area contributed by atoms with Crippen molar-refractivity contribution >= 4 is 23.1 Å². The number of amides is 1. The number of pyridine rings is 1. The zero-order valence-corrected chi connectivity index (χ0v) is 10.9. The summed E-state index contributed by atoms with van der Waals surface area (Å²) in [7, 11) is 1.78. The predicted molar refractivity (Wildman–Crippen MR) is 76.4 cm³/mol. The van der Waals surface area contributed by atoms with E-state index in [9.17, 15) is 4.79 Å². The number of carbonyl (C=O) groups is 1. The summed E-state index contributed by atoms with van der Waals surface area (Å²) < 4.78 is 0. The summed E-state index contributed by atoms with van der Waals surface area (Å²) in [6, 6.07) is 10.6. The van der Waals surface area contributed by atoms with Crippen LogP contribution in [-0.4, -0.2) is 17.9 Å². The smallest absolute Gasteiger partial charge is 0.250 e. The van der Waals surface area contributed by atoms with Crippen LogP contribution >= 0.6 is 0 Å². The summed E-state index contributed by atoms with van der Waals surface area (Å²) >= 11 is 0. The third-order valence-corrected chi connectivity index (χ3v) is 2.89. The first-order valence-electron chi connectivity index (χ1n) is 5.82. The second-order valence-electron chi connectivity index (χ2n) is 4.22. The van der Waals surface area contributed by atoms with Gasteiger partial charge in [0.15, 0.2) is 0 Å². The number of benzene rings is 1. The van der Waals surface area contributed by atoms with Crippen LogP contribution in [0.15, 0.2) is 36.5 Å². The van der Waals surface area contributed by atoms with Crippen molar-refractivity contribution in [3.63, 3.8) is 0 Å².